The van der Waals surface area contributed by atoms with E-state index >= 15 is 0 Å². The second kappa shape index (κ2) is 14.1. The monoisotopic (exact) mass is 625 g/mol. The number of carbonyl (C=O) groups excluding carboxylic acids is 2. The molecule has 0 aromatic heterocycles. The van der Waals surface area contributed by atoms with Crippen molar-refractivity contribution in [3.8, 4) is 0 Å². The highest BCUT2D eigenvalue weighted by molar-refractivity contribution is 7.92. The fraction of sp³-hybridized carbons (Fsp3) is 0.310. The zero-order chi connectivity index (χ0) is 30.3. The van der Waals surface area contributed by atoms with Gasteiger partial charge in [0, 0.05) is 41.2 Å². The van der Waals surface area contributed by atoms with Gasteiger partial charge in [0.15, 0.2) is 11.6 Å². The number of nitrogens with one attached hydrogen (secondary N) is 1. The third kappa shape index (κ3) is 8.89. The van der Waals surface area contributed by atoms with Crippen molar-refractivity contribution in [2.75, 3.05) is 23.7 Å². The van der Waals surface area contributed by atoms with Gasteiger partial charge in [0.2, 0.25) is 21.8 Å². The Kier molecular flexibility index (Phi) is 11.1. The van der Waals surface area contributed by atoms with Crippen molar-refractivity contribution >= 4 is 50.7 Å². The summed E-state index contributed by atoms with van der Waals surface area (Å²) in [6.45, 7) is 3.16. The Balaban J connectivity index is 2.10. The highest BCUT2D eigenvalue weighted by atomic mass is 35.5. The Labute approximate surface area is 249 Å². The van der Waals surface area contributed by atoms with Gasteiger partial charge in [-0.3, -0.25) is 13.9 Å². The molecule has 41 heavy (non-hydrogen) atoms. The van der Waals surface area contributed by atoms with Crippen LogP contribution >= 0.6 is 23.2 Å². The van der Waals surface area contributed by atoms with Crippen LogP contribution in [0.5, 0.6) is 0 Å². The van der Waals surface area contributed by atoms with Gasteiger partial charge >= 0.3 is 0 Å². The molecule has 0 fully saturated rings. The molecule has 220 valence electrons. The maximum absolute atomic E-state index is 14.1. The summed E-state index contributed by atoms with van der Waals surface area (Å²) in [6, 6.07) is 15.2. The molecule has 3 aromatic carbocycles. The van der Waals surface area contributed by atoms with Gasteiger partial charge in [-0.05, 0) is 35.7 Å². The van der Waals surface area contributed by atoms with Crippen molar-refractivity contribution in [2.45, 2.75) is 32.9 Å². The molecule has 0 radical (unpaired) electrons. The fourth-order valence-corrected chi connectivity index (χ4v) is 5.44. The first-order valence-electron chi connectivity index (χ1n) is 12.7. The van der Waals surface area contributed by atoms with Gasteiger partial charge in [0.1, 0.15) is 12.6 Å². The minimum atomic E-state index is -4.15. The number of sulfonamides is 1. The van der Waals surface area contributed by atoms with E-state index in [9.17, 15) is 26.8 Å². The van der Waals surface area contributed by atoms with E-state index in [-0.39, 0.29) is 34.6 Å². The molecule has 1 atom stereocenters. The van der Waals surface area contributed by atoms with Crippen LogP contribution in [0, 0.1) is 17.6 Å². The molecule has 3 aromatic rings. The van der Waals surface area contributed by atoms with Crippen LogP contribution in [-0.2, 0) is 32.6 Å². The zero-order valence-corrected chi connectivity index (χ0v) is 25.1. The van der Waals surface area contributed by atoms with E-state index < -0.39 is 46.1 Å². The maximum atomic E-state index is 14.1. The quantitative estimate of drug-likeness (QED) is 0.290. The van der Waals surface area contributed by atoms with Gasteiger partial charge in [0.25, 0.3) is 0 Å². The number of halogens is 4. The largest absolute Gasteiger partial charge is 0.354 e. The average molecular weight is 627 g/mol. The summed E-state index contributed by atoms with van der Waals surface area (Å²) in [6.07, 6.45) is 0.941. The van der Waals surface area contributed by atoms with Gasteiger partial charge in [-0.2, -0.15) is 0 Å². The van der Waals surface area contributed by atoms with Crippen molar-refractivity contribution in [1.82, 2.24) is 10.2 Å². The Morgan fingerprint density at radius 2 is 1.56 bits per heavy atom. The second-order valence-corrected chi connectivity index (χ2v) is 12.7. The number of carbonyl (C=O) groups is 2. The van der Waals surface area contributed by atoms with Crippen LogP contribution in [0.2, 0.25) is 10.0 Å². The minimum absolute atomic E-state index is 0.0998. The van der Waals surface area contributed by atoms with Gasteiger partial charge in [-0.1, -0.05) is 73.4 Å². The van der Waals surface area contributed by atoms with E-state index in [0.717, 1.165) is 24.0 Å². The van der Waals surface area contributed by atoms with E-state index in [4.69, 9.17) is 23.2 Å². The first-order valence-corrected chi connectivity index (χ1v) is 15.3. The van der Waals surface area contributed by atoms with Crippen LogP contribution in [-0.4, -0.2) is 50.5 Å². The van der Waals surface area contributed by atoms with Crippen molar-refractivity contribution in [3.05, 3.63) is 99.5 Å². The lowest BCUT2D eigenvalue weighted by atomic mass is 10.0. The molecular formula is C29H31Cl2F2N3O4S. The van der Waals surface area contributed by atoms with Crippen LogP contribution in [0.1, 0.15) is 25.0 Å². The molecule has 0 saturated heterocycles. The molecule has 0 saturated carbocycles. The lowest BCUT2D eigenvalue weighted by Crippen LogP contribution is -2.53. The molecule has 0 spiro atoms. The summed E-state index contributed by atoms with van der Waals surface area (Å²) in [4.78, 5) is 28.8. The molecule has 0 aliphatic carbocycles. The van der Waals surface area contributed by atoms with Crippen LogP contribution in [0.3, 0.4) is 0 Å². The first-order chi connectivity index (χ1) is 19.3. The van der Waals surface area contributed by atoms with Gasteiger partial charge in [0.05, 0.1) is 11.9 Å². The third-order valence-corrected chi connectivity index (χ3v) is 8.06. The van der Waals surface area contributed by atoms with Gasteiger partial charge < -0.3 is 10.2 Å². The minimum Gasteiger partial charge on any atom is -0.354 e. The van der Waals surface area contributed by atoms with E-state index in [1.807, 2.05) is 19.9 Å². The Morgan fingerprint density at radius 1 is 0.927 bits per heavy atom. The van der Waals surface area contributed by atoms with Crippen LogP contribution in [0.4, 0.5) is 14.5 Å². The second-order valence-electron chi connectivity index (χ2n) is 9.93. The summed E-state index contributed by atoms with van der Waals surface area (Å²) in [5.74, 6) is -3.58. The van der Waals surface area contributed by atoms with Crippen LogP contribution in [0.25, 0.3) is 0 Å². The molecule has 7 nitrogen and oxygen atoms in total. The maximum Gasteiger partial charge on any atom is 0.244 e. The Bertz CT molecular complexity index is 1470. The highest BCUT2D eigenvalue weighted by Gasteiger charge is 2.34. The molecule has 0 unspecified atom stereocenters. The molecular weight excluding hydrogens is 595 g/mol. The lowest BCUT2D eigenvalue weighted by molar-refractivity contribution is -0.140. The van der Waals surface area contributed by atoms with Crippen LogP contribution in [0.15, 0.2) is 66.7 Å². The predicted octanol–water partition coefficient (Wildman–Crippen LogP) is 5.45. The molecule has 12 heteroatoms. The number of anilines is 1. The third-order valence-electron chi connectivity index (χ3n) is 6.22. The van der Waals surface area contributed by atoms with E-state index in [1.165, 1.54) is 4.90 Å². The summed E-state index contributed by atoms with van der Waals surface area (Å²) in [7, 11) is -4.15. The number of nitrogens with zero attached hydrogens (tertiary/aromatic N) is 2. The molecule has 0 heterocycles. The number of benzene rings is 3. The van der Waals surface area contributed by atoms with E-state index in [1.54, 1.807) is 42.5 Å². The van der Waals surface area contributed by atoms with Crippen molar-refractivity contribution in [2.24, 2.45) is 5.92 Å². The van der Waals surface area contributed by atoms with E-state index in [0.29, 0.717) is 22.5 Å². The number of hydrogen-bond donors (Lipinski definition) is 1. The summed E-state index contributed by atoms with van der Waals surface area (Å²) in [5, 5.41) is 3.35. The van der Waals surface area contributed by atoms with Gasteiger partial charge in [-0.15, -0.1) is 0 Å². The molecule has 3 rings (SSSR count). The average Bonchev–Trinajstić information content (AvgIpc) is 2.90. The van der Waals surface area contributed by atoms with Crippen molar-refractivity contribution < 1.29 is 26.8 Å². The SMILES string of the molecule is CC(C)CNC(=O)[C@@H](Cc1ccccc1)N(Cc1c(Cl)cccc1Cl)C(=O)CN(c1ccc(F)c(F)c1)S(C)(=O)=O. The fourth-order valence-electron chi connectivity index (χ4n) is 4.08. The predicted molar refractivity (Wildman–Crippen MR) is 157 cm³/mol. The normalized spacial score (nSPS) is 12.2. The summed E-state index contributed by atoms with van der Waals surface area (Å²) >= 11 is 12.9. The number of hydrogen-bond acceptors (Lipinski definition) is 4. The van der Waals surface area contributed by atoms with Gasteiger partial charge in [-0.25, -0.2) is 17.2 Å². The van der Waals surface area contributed by atoms with Crippen molar-refractivity contribution in [1.29, 1.82) is 0 Å². The van der Waals surface area contributed by atoms with Crippen LogP contribution < -0.4 is 9.62 Å². The zero-order valence-electron chi connectivity index (χ0n) is 22.8. The molecule has 1 N–H and O–H groups in total. The first kappa shape index (κ1) is 32.3. The summed E-state index contributed by atoms with van der Waals surface area (Å²) < 4.78 is 53.8. The number of amides is 2. The topological polar surface area (TPSA) is 86.8 Å². The Morgan fingerprint density at radius 3 is 2.12 bits per heavy atom. The smallest absolute Gasteiger partial charge is 0.244 e. The molecule has 2 amide bonds. The number of rotatable bonds is 12. The molecule has 0 bridgehead atoms. The van der Waals surface area contributed by atoms with E-state index in [2.05, 4.69) is 5.32 Å². The lowest BCUT2D eigenvalue weighted by Gasteiger charge is -2.34. The molecule has 0 aliphatic heterocycles. The Hall–Kier alpha value is -3.21. The molecule has 0 aliphatic rings. The van der Waals surface area contributed by atoms with Crippen molar-refractivity contribution in [3.63, 3.8) is 0 Å². The summed E-state index contributed by atoms with van der Waals surface area (Å²) in [5.41, 5.74) is 0.859. The highest BCUT2D eigenvalue weighted by Crippen LogP contribution is 2.28. The standard InChI is InChI=1S/C29H31Cl2F2N3O4S/c1-19(2)16-34-29(38)27(14-20-8-5-4-6-9-20)35(17-22-23(30)10-7-11-24(22)31)28(37)18-36(41(3,39)40)21-12-13-25(32)26(33)15-21/h4-13,15,19,27H,14,16-18H2,1-3H3,(H,34,38)/t27-/m1/s1.